The van der Waals surface area contributed by atoms with Crippen LogP contribution in [0.15, 0.2) is 54.6 Å². The number of ether oxygens (including phenoxy) is 1. The fourth-order valence-electron chi connectivity index (χ4n) is 3.34. The van der Waals surface area contributed by atoms with Crippen LogP contribution < -0.4 is 10.6 Å². The molecule has 1 fully saturated rings. The predicted molar refractivity (Wildman–Crippen MR) is 116 cm³/mol. The van der Waals surface area contributed by atoms with Crippen LogP contribution in [0.4, 0.5) is 11.4 Å². The van der Waals surface area contributed by atoms with E-state index in [2.05, 4.69) is 10.6 Å². The Kier molecular flexibility index (Phi) is 7.87. The van der Waals surface area contributed by atoms with E-state index in [1.165, 1.54) is 24.3 Å². The number of rotatable bonds is 7. The van der Waals surface area contributed by atoms with Crippen molar-refractivity contribution in [2.24, 2.45) is 0 Å². The molecule has 1 heterocycles. The number of para-hydroxylation sites is 2. The number of nitrogens with one attached hydrogen (secondary N) is 2. The third-order valence-corrected chi connectivity index (χ3v) is 5.00. The highest BCUT2D eigenvalue weighted by Crippen LogP contribution is 2.23. The fraction of sp³-hybridized carbons (Fsp3) is 0.318. The van der Waals surface area contributed by atoms with Gasteiger partial charge in [-0.15, -0.1) is 0 Å². The van der Waals surface area contributed by atoms with Crippen LogP contribution in [-0.2, 0) is 19.1 Å². The second-order valence-electron chi connectivity index (χ2n) is 7.20. The van der Waals surface area contributed by atoms with Gasteiger partial charge in [-0.05, 0) is 18.1 Å². The van der Waals surface area contributed by atoms with Crippen LogP contribution in [0.3, 0.4) is 0 Å². The summed E-state index contributed by atoms with van der Waals surface area (Å²) in [6.07, 6.45) is 0.406. The molecule has 3 rings (SSSR count). The standard InChI is InChI=1S/C22H24N4O6/c27-20(25-13-14-32-19(15-25)16-7-2-1-3-8-16)11-6-12-23-21(28)22(29)24-17-9-4-5-10-18(17)26(30)31/h1-5,7-10,19H,6,11-15H2,(H,23,28)(H,24,29). The summed E-state index contributed by atoms with van der Waals surface area (Å²) in [6, 6.07) is 15.2. The van der Waals surface area contributed by atoms with Crippen LogP contribution in [0.2, 0.25) is 0 Å². The van der Waals surface area contributed by atoms with Crippen LogP contribution in [0.25, 0.3) is 0 Å². The number of benzene rings is 2. The number of nitrogens with zero attached hydrogens (tertiary/aromatic N) is 2. The Hall–Kier alpha value is -3.79. The zero-order chi connectivity index (χ0) is 22.9. The van der Waals surface area contributed by atoms with Crippen molar-refractivity contribution >= 4 is 29.1 Å². The molecule has 3 amide bonds. The Morgan fingerprint density at radius 1 is 1.06 bits per heavy atom. The predicted octanol–water partition coefficient (Wildman–Crippen LogP) is 2.03. The fourth-order valence-corrected chi connectivity index (χ4v) is 3.34. The monoisotopic (exact) mass is 440 g/mol. The first kappa shape index (κ1) is 22.9. The molecular formula is C22H24N4O6. The molecule has 32 heavy (non-hydrogen) atoms. The Balaban J connectivity index is 1.41. The number of nitro groups is 1. The number of morpholine rings is 1. The number of anilines is 1. The molecule has 10 nitrogen and oxygen atoms in total. The Morgan fingerprint density at radius 2 is 1.78 bits per heavy atom. The molecule has 0 saturated carbocycles. The first-order valence-corrected chi connectivity index (χ1v) is 10.2. The molecule has 1 aliphatic rings. The summed E-state index contributed by atoms with van der Waals surface area (Å²) >= 11 is 0. The van der Waals surface area contributed by atoms with Gasteiger partial charge in [-0.1, -0.05) is 42.5 Å². The minimum absolute atomic E-state index is 0.0483. The Bertz CT molecular complexity index is 981. The maximum atomic E-state index is 12.5. The molecular weight excluding hydrogens is 416 g/mol. The van der Waals surface area contributed by atoms with Crippen LogP contribution in [-0.4, -0.2) is 53.8 Å². The summed E-state index contributed by atoms with van der Waals surface area (Å²) < 4.78 is 5.76. The lowest BCUT2D eigenvalue weighted by Gasteiger charge is -2.33. The molecule has 0 spiro atoms. The Labute approximate surface area is 184 Å². The largest absolute Gasteiger partial charge is 0.370 e. The van der Waals surface area contributed by atoms with Gasteiger partial charge in [0.25, 0.3) is 5.69 Å². The minimum atomic E-state index is -1.01. The van der Waals surface area contributed by atoms with E-state index < -0.39 is 16.7 Å². The van der Waals surface area contributed by atoms with Gasteiger partial charge in [0.1, 0.15) is 11.8 Å². The van der Waals surface area contributed by atoms with Crippen molar-refractivity contribution in [1.29, 1.82) is 0 Å². The maximum absolute atomic E-state index is 12.5. The molecule has 1 aliphatic heterocycles. The van der Waals surface area contributed by atoms with Gasteiger partial charge in [0.15, 0.2) is 0 Å². The van der Waals surface area contributed by atoms with Crippen molar-refractivity contribution in [3.8, 4) is 0 Å². The first-order chi connectivity index (χ1) is 15.5. The van der Waals surface area contributed by atoms with Crippen LogP contribution in [0.5, 0.6) is 0 Å². The summed E-state index contributed by atoms with van der Waals surface area (Å²) in [5.74, 6) is -1.98. The van der Waals surface area contributed by atoms with Gasteiger partial charge in [-0.2, -0.15) is 0 Å². The first-order valence-electron chi connectivity index (χ1n) is 10.2. The third-order valence-electron chi connectivity index (χ3n) is 5.00. The van der Waals surface area contributed by atoms with E-state index in [0.717, 1.165) is 5.56 Å². The van der Waals surface area contributed by atoms with E-state index in [1.54, 1.807) is 4.90 Å². The van der Waals surface area contributed by atoms with Crippen LogP contribution in [0.1, 0.15) is 24.5 Å². The topological polar surface area (TPSA) is 131 Å². The summed E-state index contributed by atoms with van der Waals surface area (Å²) in [4.78, 5) is 48.6. The van der Waals surface area contributed by atoms with E-state index in [9.17, 15) is 24.5 Å². The highest BCUT2D eigenvalue weighted by molar-refractivity contribution is 6.39. The second-order valence-corrected chi connectivity index (χ2v) is 7.20. The Morgan fingerprint density at radius 3 is 2.53 bits per heavy atom. The number of hydrogen-bond donors (Lipinski definition) is 2. The number of carbonyl (C=O) groups is 3. The number of amides is 3. The van der Waals surface area contributed by atoms with E-state index in [4.69, 9.17) is 4.74 Å². The number of carbonyl (C=O) groups excluding carboxylic acids is 3. The molecule has 168 valence electrons. The molecule has 0 bridgehead atoms. The van der Waals surface area contributed by atoms with E-state index >= 15 is 0 Å². The van der Waals surface area contributed by atoms with E-state index in [1.807, 2.05) is 30.3 Å². The molecule has 10 heteroatoms. The zero-order valence-corrected chi connectivity index (χ0v) is 17.4. The maximum Gasteiger partial charge on any atom is 0.313 e. The van der Waals surface area contributed by atoms with Crippen LogP contribution >= 0.6 is 0 Å². The normalized spacial score (nSPS) is 15.6. The van der Waals surface area contributed by atoms with Gasteiger partial charge in [-0.25, -0.2) is 0 Å². The highest BCUT2D eigenvalue weighted by Gasteiger charge is 2.25. The average Bonchev–Trinajstić information content (AvgIpc) is 2.82. The quantitative estimate of drug-likeness (QED) is 0.293. The van der Waals surface area contributed by atoms with E-state index in [0.29, 0.717) is 26.1 Å². The van der Waals surface area contributed by atoms with Gasteiger partial charge < -0.3 is 20.3 Å². The molecule has 1 saturated heterocycles. The van der Waals surface area contributed by atoms with Gasteiger partial charge >= 0.3 is 11.8 Å². The molecule has 0 aromatic heterocycles. The SMILES string of the molecule is O=C(NCCCC(=O)N1CCOC(c2ccccc2)C1)C(=O)Nc1ccccc1[N+](=O)[O-]. The smallest absolute Gasteiger partial charge is 0.313 e. The van der Waals surface area contributed by atoms with Crippen molar-refractivity contribution < 1.29 is 24.0 Å². The molecule has 0 radical (unpaired) electrons. The van der Waals surface area contributed by atoms with Gasteiger partial charge in [0.2, 0.25) is 5.91 Å². The van der Waals surface area contributed by atoms with Gasteiger partial charge in [0.05, 0.1) is 18.1 Å². The van der Waals surface area contributed by atoms with Gasteiger partial charge in [0, 0.05) is 25.6 Å². The van der Waals surface area contributed by atoms with Crippen molar-refractivity contribution in [1.82, 2.24) is 10.2 Å². The molecule has 2 aromatic rings. The molecule has 1 unspecified atom stereocenters. The number of nitro benzene ring substituents is 1. The van der Waals surface area contributed by atoms with Crippen molar-refractivity contribution in [2.75, 3.05) is 31.6 Å². The second kappa shape index (κ2) is 11.0. The summed E-state index contributed by atoms with van der Waals surface area (Å²) in [7, 11) is 0. The number of hydrogen-bond acceptors (Lipinski definition) is 6. The zero-order valence-electron chi connectivity index (χ0n) is 17.4. The summed E-state index contributed by atoms with van der Waals surface area (Å²) in [5.41, 5.74) is 0.647. The van der Waals surface area contributed by atoms with Crippen molar-refractivity contribution in [3.05, 3.63) is 70.3 Å². The van der Waals surface area contributed by atoms with Crippen molar-refractivity contribution in [3.63, 3.8) is 0 Å². The summed E-state index contributed by atoms with van der Waals surface area (Å²) in [6.45, 7) is 1.55. The molecule has 2 aromatic carbocycles. The highest BCUT2D eigenvalue weighted by atomic mass is 16.6. The lowest BCUT2D eigenvalue weighted by molar-refractivity contribution is -0.383. The average molecular weight is 440 g/mol. The van der Waals surface area contributed by atoms with Crippen LogP contribution in [0, 0.1) is 10.1 Å². The summed E-state index contributed by atoms with van der Waals surface area (Å²) in [5, 5.41) is 15.6. The molecule has 1 atom stereocenters. The van der Waals surface area contributed by atoms with Crippen molar-refractivity contribution in [2.45, 2.75) is 18.9 Å². The third kappa shape index (κ3) is 6.11. The molecule has 2 N–H and O–H groups in total. The minimum Gasteiger partial charge on any atom is -0.370 e. The molecule has 0 aliphatic carbocycles. The lowest BCUT2D eigenvalue weighted by Crippen LogP contribution is -2.42. The van der Waals surface area contributed by atoms with E-state index in [-0.39, 0.29) is 36.4 Å². The lowest BCUT2D eigenvalue weighted by atomic mass is 10.1. The van der Waals surface area contributed by atoms with Gasteiger partial charge in [-0.3, -0.25) is 24.5 Å².